The number of cyclic esters (lactones) is 1. The molecule has 4 saturated carbocycles. The maximum atomic E-state index is 14.0. The monoisotopic (exact) mass is 788 g/mol. The molecule has 0 bridgehead atoms. The average molecular weight is 789 g/mol. The Kier molecular flexibility index (Phi) is 9.43. The van der Waals surface area contributed by atoms with Crippen molar-refractivity contribution in [3.8, 4) is 0 Å². The third kappa shape index (κ3) is 5.61. The van der Waals surface area contributed by atoms with Gasteiger partial charge in [0.25, 0.3) is 0 Å². The zero-order chi connectivity index (χ0) is 40.2. The second-order valence-corrected chi connectivity index (χ2v) is 17.9. The number of rotatable bonds is 6. The van der Waals surface area contributed by atoms with Crippen LogP contribution in [0.5, 0.6) is 0 Å². The zero-order valence-corrected chi connectivity index (χ0v) is 32.1. The van der Waals surface area contributed by atoms with E-state index in [1.54, 1.807) is 6.92 Å². The highest BCUT2D eigenvalue weighted by atomic mass is 16.7. The molecule has 4 aliphatic carbocycles. The summed E-state index contributed by atoms with van der Waals surface area (Å²) >= 11 is 0. The molecule has 3 aromatic rings. The number of aliphatic hydroxyl groups is 7. The molecule has 2 heterocycles. The van der Waals surface area contributed by atoms with Gasteiger partial charge in [0.2, 0.25) is 0 Å². The third-order valence-electron chi connectivity index (χ3n) is 15.4. The highest BCUT2D eigenvalue weighted by Gasteiger charge is 2.75. The van der Waals surface area contributed by atoms with Crippen LogP contribution in [0.1, 0.15) is 69.2 Å². The summed E-state index contributed by atoms with van der Waals surface area (Å²) in [6.45, 7) is 2.98. The first-order chi connectivity index (χ1) is 27.2. The van der Waals surface area contributed by atoms with E-state index in [1.165, 1.54) is 6.08 Å². The molecule has 3 aromatic carbocycles. The zero-order valence-electron chi connectivity index (χ0n) is 32.1. The lowest BCUT2D eigenvalue weighted by molar-refractivity contribution is -0.342. The van der Waals surface area contributed by atoms with Crippen molar-refractivity contribution in [2.24, 2.45) is 28.6 Å². The molecule has 306 valence electrons. The summed E-state index contributed by atoms with van der Waals surface area (Å²) in [5, 5.41) is 86.3. The molecule has 1 saturated heterocycles. The fourth-order valence-corrected chi connectivity index (χ4v) is 12.6. The Morgan fingerprint density at radius 2 is 1.61 bits per heavy atom. The van der Waals surface area contributed by atoms with E-state index in [1.807, 2.05) is 61.5 Å². The Morgan fingerprint density at radius 3 is 2.26 bits per heavy atom. The van der Waals surface area contributed by atoms with E-state index in [0.29, 0.717) is 30.0 Å². The molecular formula is C44H52O13. The molecule has 6 aliphatic rings. The van der Waals surface area contributed by atoms with Crippen LogP contribution in [0.2, 0.25) is 0 Å². The molecule has 5 fully saturated rings. The average Bonchev–Trinajstić information content (AvgIpc) is 3.72. The van der Waals surface area contributed by atoms with Gasteiger partial charge in [0.1, 0.15) is 18.8 Å². The Hall–Kier alpha value is -3.50. The van der Waals surface area contributed by atoms with Crippen LogP contribution >= 0.6 is 0 Å². The van der Waals surface area contributed by atoms with Crippen LogP contribution in [-0.4, -0.2) is 121 Å². The van der Waals surface area contributed by atoms with Crippen molar-refractivity contribution in [2.75, 3.05) is 13.2 Å². The molecule has 13 nitrogen and oxygen atoms in total. The smallest absolute Gasteiger partial charge is 0.339 e. The lowest BCUT2D eigenvalue weighted by atomic mass is 9.40. The van der Waals surface area contributed by atoms with Crippen molar-refractivity contribution in [3.05, 3.63) is 71.8 Å². The number of esters is 2. The lowest BCUT2D eigenvalue weighted by Gasteiger charge is -2.68. The summed E-state index contributed by atoms with van der Waals surface area (Å²) in [6.07, 6.45) is -7.61. The summed E-state index contributed by atoms with van der Waals surface area (Å²) in [7, 11) is 0. The van der Waals surface area contributed by atoms with E-state index < -0.39 is 101 Å². The van der Waals surface area contributed by atoms with Crippen LogP contribution in [0.25, 0.3) is 21.5 Å². The number of hydrogen-bond donors (Lipinski definition) is 7. The Bertz CT molecular complexity index is 2070. The van der Waals surface area contributed by atoms with Gasteiger partial charge in [0, 0.05) is 30.3 Å². The van der Waals surface area contributed by atoms with Gasteiger partial charge < -0.3 is 54.7 Å². The van der Waals surface area contributed by atoms with Gasteiger partial charge in [0.05, 0.1) is 53.2 Å². The van der Waals surface area contributed by atoms with Crippen molar-refractivity contribution in [1.82, 2.24) is 0 Å². The number of benzene rings is 3. The molecule has 57 heavy (non-hydrogen) atoms. The van der Waals surface area contributed by atoms with E-state index >= 15 is 0 Å². The van der Waals surface area contributed by atoms with E-state index in [9.17, 15) is 45.3 Å². The van der Waals surface area contributed by atoms with Crippen molar-refractivity contribution >= 4 is 33.5 Å². The van der Waals surface area contributed by atoms with Gasteiger partial charge in [-0.1, -0.05) is 55.5 Å². The van der Waals surface area contributed by atoms with Gasteiger partial charge in [-0.2, -0.15) is 0 Å². The quantitative estimate of drug-likeness (QED) is 0.109. The first kappa shape index (κ1) is 39.0. The van der Waals surface area contributed by atoms with Crippen molar-refractivity contribution in [2.45, 2.75) is 119 Å². The highest BCUT2D eigenvalue weighted by molar-refractivity contribution is 6.16. The van der Waals surface area contributed by atoms with Crippen molar-refractivity contribution in [3.63, 3.8) is 0 Å². The summed E-state index contributed by atoms with van der Waals surface area (Å²) < 4.78 is 23.4. The normalized spacial score (nSPS) is 44.2. The minimum atomic E-state index is -1.76. The molecule has 0 aromatic heterocycles. The predicted octanol–water partition coefficient (Wildman–Crippen LogP) is 2.66. The van der Waals surface area contributed by atoms with Gasteiger partial charge in [-0.15, -0.1) is 0 Å². The predicted molar refractivity (Wildman–Crippen MR) is 203 cm³/mol. The van der Waals surface area contributed by atoms with Crippen LogP contribution in [0, 0.1) is 28.6 Å². The summed E-state index contributed by atoms with van der Waals surface area (Å²) in [5.41, 5.74) is -4.43. The van der Waals surface area contributed by atoms with Crippen LogP contribution < -0.4 is 0 Å². The number of ether oxygens (including phenoxy) is 4. The minimum Gasteiger partial charge on any atom is -0.458 e. The van der Waals surface area contributed by atoms with E-state index in [0.717, 1.165) is 16.3 Å². The fraction of sp³-hybridized carbons (Fsp3) is 0.591. The molecule has 2 unspecified atom stereocenters. The molecule has 0 spiro atoms. The highest BCUT2D eigenvalue weighted by Crippen LogP contribution is 2.70. The Morgan fingerprint density at radius 1 is 0.930 bits per heavy atom. The maximum absolute atomic E-state index is 14.0. The second-order valence-electron chi connectivity index (χ2n) is 17.9. The van der Waals surface area contributed by atoms with E-state index in [2.05, 4.69) is 0 Å². The molecule has 0 radical (unpaired) electrons. The van der Waals surface area contributed by atoms with Gasteiger partial charge in [-0.25, -0.2) is 9.59 Å². The molecule has 2 aliphatic heterocycles. The summed E-state index contributed by atoms with van der Waals surface area (Å²) in [6, 6.07) is 16.7. The van der Waals surface area contributed by atoms with Crippen LogP contribution in [0.15, 0.2) is 66.2 Å². The van der Waals surface area contributed by atoms with Gasteiger partial charge in [-0.05, 0) is 84.0 Å². The fourth-order valence-electron chi connectivity index (χ4n) is 12.6. The summed E-state index contributed by atoms with van der Waals surface area (Å²) in [5.74, 6) is -2.82. The number of fused-ring (bicyclic) bond motifs is 7. The maximum Gasteiger partial charge on any atom is 0.339 e. The molecule has 13 heteroatoms. The SMILES string of the molecule is C[C@@H]1O[C@@H](O[C@H]2C[C@@H](O)[C@]3(CO)C4[C@H](O)C[C@]5(C)[C@@H](C6=CC(=O)OC6)CCC5(O)[C@@H]4CC[C@]3(O)C2)[C@H](O)[C@H](OC(=O)c2c3ccccc3cc3ccccc23)[C@H]1O. The summed E-state index contributed by atoms with van der Waals surface area (Å²) in [4.78, 5) is 26.0. The second kappa shape index (κ2) is 13.8. The van der Waals surface area contributed by atoms with Crippen molar-refractivity contribution in [1.29, 1.82) is 0 Å². The standard InChI is InChI=1S/C44H52O13/c1-22-36(49)38(57-39(51)34-27-9-5-3-7-23(27)15-24-8-4-6-10-28(24)34)37(50)40(55-22)56-26-17-32(47)43(21-45)35-30(11-13-42(43,52)18-26)44(53)14-12-29(25-16-33(48)54-20-25)41(44,2)19-31(35)46/h3-10,15-16,22,26,29-32,35-38,40,45-47,49-50,52-53H,11-14,17-21H2,1-2H3/t22-,26-,29+,30+,31+,32+,35?,36-,37+,38+,40-,41+,42-,43+,44?/m0/s1. The minimum absolute atomic E-state index is 0.0775. The molecule has 15 atom stereocenters. The lowest BCUT2D eigenvalue weighted by Crippen LogP contribution is -2.76. The Balaban J connectivity index is 0.956. The molecule has 0 amide bonds. The number of carbonyl (C=O) groups is 2. The Labute approximate surface area is 329 Å². The van der Waals surface area contributed by atoms with E-state index in [4.69, 9.17) is 18.9 Å². The molecular weight excluding hydrogens is 736 g/mol. The first-order valence-corrected chi connectivity index (χ1v) is 20.2. The van der Waals surface area contributed by atoms with Crippen LogP contribution in [0.4, 0.5) is 0 Å². The van der Waals surface area contributed by atoms with E-state index in [-0.39, 0.29) is 43.8 Å². The number of hydrogen-bond acceptors (Lipinski definition) is 13. The third-order valence-corrected chi connectivity index (χ3v) is 15.4. The van der Waals surface area contributed by atoms with Gasteiger partial charge >= 0.3 is 11.9 Å². The topological polar surface area (TPSA) is 213 Å². The van der Waals surface area contributed by atoms with Crippen LogP contribution in [-0.2, 0) is 23.7 Å². The van der Waals surface area contributed by atoms with Crippen LogP contribution in [0.3, 0.4) is 0 Å². The first-order valence-electron chi connectivity index (χ1n) is 20.2. The number of carbonyl (C=O) groups excluding carboxylic acids is 2. The molecule has 9 rings (SSSR count). The van der Waals surface area contributed by atoms with Crippen molar-refractivity contribution < 1.29 is 64.3 Å². The molecule has 7 N–H and O–H groups in total. The van der Waals surface area contributed by atoms with Gasteiger partial charge in [0.15, 0.2) is 12.4 Å². The van der Waals surface area contributed by atoms with Gasteiger partial charge in [-0.3, -0.25) is 0 Å². The number of aliphatic hydroxyl groups excluding tert-OH is 5. The largest absolute Gasteiger partial charge is 0.458 e.